The number of hydrogen-bond acceptors (Lipinski definition) is 3. The van der Waals surface area contributed by atoms with Crippen molar-refractivity contribution in [1.29, 1.82) is 0 Å². The molecule has 1 aliphatic carbocycles. The Balaban J connectivity index is 1.93. The van der Waals surface area contributed by atoms with E-state index in [-0.39, 0.29) is 11.6 Å². The van der Waals surface area contributed by atoms with E-state index in [1.54, 1.807) is 0 Å². The molecule has 0 heterocycles. The molecule has 1 aliphatic rings. The molecule has 0 radical (unpaired) electrons. The van der Waals surface area contributed by atoms with Crippen molar-refractivity contribution in [3.8, 4) is 0 Å². The fourth-order valence-corrected chi connectivity index (χ4v) is 2.25. The van der Waals surface area contributed by atoms with Crippen LogP contribution >= 0.6 is 0 Å². The molecule has 0 aromatic heterocycles. The first-order valence-electron chi connectivity index (χ1n) is 7.08. The van der Waals surface area contributed by atoms with Crippen molar-refractivity contribution in [2.45, 2.75) is 12.6 Å². The normalized spacial score (nSPS) is 20.0. The lowest BCUT2D eigenvalue weighted by atomic mass is 10.1. The van der Waals surface area contributed by atoms with Gasteiger partial charge in [-0.2, -0.15) is 13.2 Å². The molecule has 2 rings (SSSR count). The van der Waals surface area contributed by atoms with Crippen LogP contribution in [-0.4, -0.2) is 32.1 Å². The zero-order chi connectivity index (χ0) is 17.0. The molecule has 1 saturated carbocycles. The number of carbonyl (C=O) groups is 2. The number of methoxy groups -OCH3 is 1. The van der Waals surface area contributed by atoms with Crippen molar-refractivity contribution in [3.05, 3.63) is 29.8 Å². The molecule has 0 bridgehead atoms. The number of para-hydroxylation sites is 1. The van der Waals surface area contributed by atoms with Gasteiger partial charge in [0.15, 0.2) is 0 Å². The Labute approximate surface area is 131 Å². The maximum atomic E-state index is 12.9. The highest BCUT2D eigenvalue weighted by atomic mass is 19.4. The Morgan fingerprint density at radius 1 is 1.22 bits per heavy atom. The highest BCUT2D eigenvalue weighted by molar-refractivity contribution is 6.00. The third-order valence-electron chi connectivity index (χ3n) is 3.56. The molecule has 0 saturated heterocycles. The average molecular weight is 330 g/mol. The van der Waals surface area contributed by atoms with Gasteiger partial charge in [0.2, 0.25) is 11.8 Å². The highest BCUT2D eigenvalue weighted by Gasteiger charge is 2.48. The minimum Gasteiger partial charge on any atom is -0.383 e. The van der Waals surface area contributed by atoms with Crippen LogP contribution in [0.15, 0.2) is 24.3 Å². The molecule has 1 fully saturated rings. The number of alkyl halides is 3. The first-order valence-corrected chi connectivity index (χ1v) is 7.08. The SMILES string of the molecule is COCCNC(=O)C1CC1C(=O)Nc1ccccc1C(F)(F)F. The fraction of sp³-hybridized carbons (Fsp3) is 0.467. The zero-order valence-corrected chi connectivity index (χ0v) is 12.4. The second-order valence-corrected chi connectivity index (χ2v) is 5.27. The standard InChI is InChI=1S/C15H17F3N2O3/c1-23-7-6-19-13(21)9-8-10(9)14(22)20-12-5-3-2-4-11(12)15(16,17)18/h2-5,9-10H,6-8H2,1H3,(H,19,21)(H,20,22). The molecule has 1 aromatic carbocycles. The number of nitrogens with one attached hydrogen (secondary N) is 2. The van der Waals surface area contributed by atoms with E-state index in [9.17, 15) is 22.8 Å². The molecule has 23 heavy (non-hydrogen) atoms. The molecule has 8 heteroatoms. The maximum Gasteiger partial charge on any atom is 0.418 e. The van der Waals surface area contributed by atoms with E-state index >= 15 is 0 Å². The van der Waals surface area contributed by atoms with Gasteiger partial charge in [-0.05, 0) is 18.6 Å². The molecule has 2 N–H and O–H groups in total. The minimum absolute atomic E-state index is 0.286. The number of anilines is 1. The van der Waals surface area contributed by atoms with Gasteiger partial charge in [-0.3, -0.25) is 9.59 Å². The van der Waals surface area contributed by atoms with E-state index in [4.69, 9.17) is 4.74 Å². The van der Waals surface area contributed by atoms with Crippen LogP contribution in [0.1, 0.15) is 12.0 Å². The van der Waals surface area contributed by atoms with Crippen molar-refractivity contribution < 1.29 is 27.5 Å². The lowest BCUT2D eigenvalue weighted by Crippen LogP contribution is -2.30. The molecule has 5 nitrogen and oxygen atoms in total. The number of hydrogen-bond donors (Lipinski definition) is 2. The highest BCUT2D eigenvalue weighted by Crippen LogP contribution is 2.41. The summed E-state index contributed by atoms with van der Waals surface area (Å²) < 4.78 is 43.4. The molecule has 0 aliphatic heterocycles. The van der Waals surface area contributed by atoms with E-state index in [1.807, 2.05) is 0 Å². The number of halogens is 3. The third-order valence-corrected chi connectivity index (χ3v) is 3.56. The van der Waals surface area contributed by atoms with Crippen LogP contribution in [0.2, 0.25) is 0 Å². The predicted molar refractivity (Wildman–Crippen MR) is 76.6 cm³/mol. The Hall–Kier alpha value is -2.09. The smallest absolute Gasteiger partial charge is 0.383 e. The van der Waals surface area contributed by atoms with Crippen LogP contribution in [0.4, 0.5) is 18.9 Å². The second kappa shape index (κ2) is 6.99. The number of amides is 2. The molecular weight excluding hydrogens is 313 g/mol. The van der Waals surface area contributed by atoms with Gasteiger partial charge in [0.25, 0.3) is 0 Å². The van der Waals surface area contributed by atoms with Gasteiger partial charge in [0, 0.05) is 13.7 Å². The summed E-state index contributed by atoms with van der Waals surface area (Å²) in [4.78, 5) is 23.8. The third kappa shape index (κ3) is 4.44. The van der Waals surface area contributed by atoms with Gasteiger partial charge < -0.3 is 15.4 Å². The van der Waals surface area contributed by atoms with Crippen LogP contribution in [0.3, 0.4) is 0 Å². The van der Waals surface area contributed by atoms with Crippen molar-refractivity contribution in [2.24, 2.45) is 11.8 Å². The van der Waals surface area contributed by atoms with Crippen LogP contribution < -0.4 is 10.6 Å². The monoisotopic (exact) mass is 330 g/mol. The predicted octanol–water partition coefficient (Wildman–Crippen LogP) is 2.04. The van der Waals surface area contributed by atoms with E-state index in [1.165, 1.54) is 25.3 Å². The van der Waals surface area contributed by atoms with E-state index in [0.29, 0.717) is 19.6 Å². The first kappa shape index (κ1) is 17.3. The lowest BCUT2D eigenvalue weighted by Gasteiger charge is -2.13. The summed E-state index contributed by atoms with van der Waals surface area (Å²) >= 11 is 0. The van der Waals surface area contributed by atoms with Gasteiger partial charge in [0.05, 0.1) is 29.7 Å². The van der Waals surface area contributed by atoms with E-state index in [2.05, 4.69) is 10.6 Å². The Morgan fingerprint density at radius 2 is 1.87 bits per heavy atom. The lowest BCUT2D eigenvalue weighted by molar-refractivity contribution is -0.137. The minimum atomic E-state index is -4.55. The zero-order valence-electron chi connectivity index (χ0n) is 12.4. The summed E-state index contributed by atoms with van der Waals surface area (Å²) in [5, 5.41) is 4.87. The molecule has 2 atom stereocenters. The number of rotatable bonds is 6. The van der Waals surface area contributed by atoms with Gasteiger partial charge >= 0.3 is 6.18 Å². The van der Waals surface area contributed by atoms with Gasteiger partial charge in [0.1, 0.15) is 0 Å². The molecule has 2 unspecified atom stereocenters. The van der Waals surface area contributed by atoms with E-state index in [0.717, 1.165) is 6.07 Å². The fourth-order valence-electron chi connectivity index (χ4n) is 2.25. The van der Waals surface area contributed by atoms with Crippen molar-refractivity contribution >= 4 is 17.5 Å². The van der Waals surface area contributed by atoms with Crippen molar-refractivity contribution in [3.63, 3.8) is 0 Å². The Bertz CT molecular complexity index is 590. The summed E-state index contributed by atoms with van der Waals surface area (Å²) in [5.41, 5.74) is -1.20. The largest absolute Gasteiger partial charge is 0.418 e. The van der Waals surface area contributed by atoms with Crippen LogP contribution in [-0.2, 0) is 20.5 Å². The molecule has 126 valence electrons. The van der Waals surface area contributed by atoms with Gasteiger partial charge in [-0.15, -0.1) is 0 Å². The topological polar surface area (TPSA) is 67.4 Å². The Morgan fingerprint density at radius 3 is 2.52 bits per heavy atom. The van der Waals surface area contributed by atoms with Crippen molar-refractivity contribution in [2.75, 3.05) is 25.6 Å². The van der Waals surface area contributed by atoms with Crippen LogP contribution in [0.5, 0.6) is 0 Å². The molecule has 2 amide bonds. The first-order chi connectivity index (χ1) is 10.8. The summed E-state index contributed by atoms with van der Waals surface area (Å²) in [5.74, 6) is -1.95. The Kier molecular flexibility index (Phi) is 5.25. The summed E-state index contributed by atoms with van der Waals surface area (Å²) in [6.07, 6.45) is -4.22. The van der Waals surface area contributed by atoms with Crippen molar-refractivity contribution in [1.82, 2.24) is 5.32 Å². The van der Waals surface area contributed by atoms with Gasteiger partial charge in [-0.25, -0.2) is 0 Å². The van der Waals surface area contributed by atoms with Crippen LogP contribution in [0.25, 0.3) is 0 Å². The number of ether oxygens (including phenoxy) is 1. The van der Waals surface area contributed by atoms with Crippen LogP contribution in [0, 0.1) is 11.8 Å². The molecule has 0 spiro atoms. The molecular formula is C15H17F3N2O3. The summed E-state index contributed by atoms with van der Waals surface area (Å²) in [6.45, 7) is 0.686. The van der Waals surface area contributed by atoms with Gasteiger partial charge in [-0.1, -0.05) is 12.1 Å². The molecule has 1 aromatic rings. The summed E-state index contributed by atoms with van der Waals surface area (Å²) in [7, 11) is 1.50. The number of benzene rings is 1. The van der Waals surface area contributed by atoms with E-state index < -0.39 is 29.5 Å². The quantitative estimate of drug-likeness (QED) is 0.785. The maximum absolute atomic E-state index is 12.9. The number of carbonyl (C=O) groups excluding carboxylic acids is 2. The summed E-state index contributed by atoms with van der Waals surface area (Å²) in [6, 6.07) is 4.75. The second-order valence-electron chi connectivity index (χ2n) is 5.27. The average Bonchev–Trinajstić information content (AvgIpc) is 3.27.